The van der Waals surface area contributed by atoms with Crippen LogP contribution in [0.15, 0.2) is 91.0 Å². The van der Waals surface area contributed by atoms with E-state index in [-0.39, 0.29) is 0 Å². The van der Waals surface area contributed by atoms with Crippen molar-refractivity contribution < 1.29 is 9.47 Å². The van der Waals surface area contributed by atoms with E-state index in [9.17, 15) is 0 Å². The minimum atomic E-state index is -2.09. The van der Waals surface area contributed by atoms with E-state index in [2.05, 4.69) is 112 Å². The van der Waals surface area contributed by atoms with Gasteiger partial charge in [0.1, 0.15) is 0 Å². The molecule has 0 fully saturated rings. The Morgan fingerprint density at radius 1 is 0.452 bits per heavy atom. The van der Waals surface area contributed by atoms with Gasteiger partial charge >= 0.3 is 195 Å². The van der Waals surface area contributed by atoms with E-state index in [4.69, 9.17) is 9.47 Å². The Balaban J connectivity index is 1.28. The Morgan fingerprint density at radius 2 is 0.833 bits per heavy atom. The summed E-state index contributed by atoms with van der Waals surface area (Å²) in [7, 11) is 1.39. The van der Waals surface area contributed by atoms with Crippen molar-refractivity contribution in [2.75, 3.05) is 20.4 Å². The first-order valence-corrected chi connectivity index (χ1v) is 18.1. The Hall–Kier alpha value is -3.09. The Morgan fingerprint density at radius 3 is 1.26 bits per heavy atom. The molecule has 3 heteroatoms. The molecule has 4 aromatic carbocycles. The van der Waals surface area contributed by atoms with E-state index in [1.54, 1.807) is 14.2 Å². The molecule has 0 aliphatic heterocycles. The first-order valence-electron chi connectivity index (χ1n) is 15.9. The Bertz CT molecular complexity index is 1270. The van der Waals surface area contributed by atoms with Gasteiger partial charge in [0.05, 0.1) is 14.2 Å². The van der Waals surface area contributed by atoms with Crippen LogP contribution in [0.4, 0.5) is 0 Å². The quantitative estimate of drug-likeness (QED) is 0.0969. The fraction of sp³-hybridized carbons (Fsp3) is 0.385. The molecule has 0 radical (unpaired) electrons. The van der Waals surface area contributed by atoms with Crippen molar-refractivity contribution in [3.63, 3.8) is 0 Å². The van der Waals surface area contributed by atoms with Gasteiger partial charge in [-0.1, -0.05) is 0 Å². The smallest absolute Gasteiger partial charge is 0.493 e. The zero-order chi connectivity index (χ0) is 29.8. The van der Waals surface area contributed by atoms with Gasteiger partial charge in [-0.2, -0.15) is 0 Å². The monoisotopic (exact) mass is 582 g/mol. The van der Waals surface area contributed by atoms with E-state index in [0.717, 1.165) is 17.9 Å². The van der Waals surface area contributed by atoms with E-state index < -0.39 is 7.26 Å². The molecule has 2 nitrogen and oxygen atoms in total. The van der Waals surface area contributed by atoms with E-state index in [0.29, 0.717) is 0 Å². The third-order valence-electron chi connectivity index (χ3n) is 9.29. The average molecular weight is 583 g/mol. The van der Waals surface area contributed by atoms with Crippen LogP contribution in [0.5, 0.6) is 11.5 Å². The molecule has 0 saturated carbocycles. The zero-order valence-electron chi connectivity index (χ0n) is 26.5. The molecule has 42 heavy (non-hydrogen) atoms. The molecule has 4 aromatic rings. The summed E-state index contributed by atoms with van der Waals surface area (Å²) in [5.41, 5.74) is 5.23. The topological polar surface area (TPSA) is 18.5 Å². The van der Waals surface area contributed by atoms with Crippen molar-refractivity contribution in [3.8, 4) is 11.5 Å². The van der Waals surface area contributed by atoms with E-state index in [1.807, 2.05) is 0 Å². The normalized spacial score (nSPS) is 11.8. The van der Waals surface area contributed by atoms with Gasteiger partial charge in [-0.05, 0) is 26.3 Å². The third-order valence-corrected chi connectivity index (χ3v) is 14.4. The molecule has 0 spiro atoms. The molecule has 0 aliphatic rings. The van der Waals surface area contributed by atoms with Crippen LogP contribution in [-0.4, -0.2) is 20.4 Å². The van der Waals surface area contributed by atoms with Crippen LogP contribution in [0, 0.1) is 20.8 Å². The molecule has 0 atom stereocenters. The average Bonchev–Trinajstić information content (AvgIpc) is 3.04. The van der Waals surface area contributed by atoms with Crippen molar-refractivity contribution in [2.45, 2.75) is 78.6 Å². The molecule has 0 heterocycles. The number of rotatable bonds is 16. The van der Waals surface area contributed by atoms with Crippen LogP contribution < -0.4 is 25.4 Å². The first-order chi connectivity index (χ1) is 20.5. The fourth-order valence-electron chi connectivity index (χ4n) is 6.88. The van der Waals surface area contributed by atoms with Crippen molar-refractivity contribution in [2.24, 2.45) is 0 Å². The van der Waals surface area contributed by atoms with Gasteiger partial charge in [0.25, 0.3) is 0 Å². The van der Waals surface area contributed by atoms with Gasteiger partial charge in [-0.3, -0.25) is 0 Å². The van der Waals surface area contributed by atoms with Crippen LogP contribution in [0.2, 0.25) is 0 Å². The van der Waals surface area contributed by atoms with Gasteiger partial charge in [0.15, 0.2) is 11.5 Å². The molecule has 0 bridgehead atoms. The predicted molar refractivity (Wildman–Crippen MR) is 186 cm³/mol. The van der Waals surface area contributed by atoms with E-state index >= 15 is 0 Å². The molecule has 4 rings (SSSR count). The van der Waals surface area contributed by atoms with Crippen LogP contribution in [0.1, 0.15) is 73.6 Å². The van der Waals surface area contributed by atoms with Gasteiger partial charge in [0, 0.05) is 0 Å². The van der Waals surface area contributed by atoms with Crippen LogP contribution in [0.3, 0.4) is 0 Å². The first kappa shape index (κ1) is 31.8. The second kappa shape index (κ2) is 15.9. The summed E-state index contributed by atoms with van der Waals surface area (Å²) in [5.74, 6) is 1.78. The van der Waals surface area contributed by atoms with Crippen molar-refractivity contribution >= 4 is 23.2 Å². The number of unbranched alkanes of at least 4 members (excludes halogenated alkanes) is 7. The number of ether oxygens (including phenoxy) is 2. The minimum Gasteiger partial charge on any atom is -0.493 e. The third kappa shape index (κ3) is 7.27. The van der Waals surface area contributed by atoms with Gasteiger partial charge in [0.2, 0.25) is 0 Å². The molecule has 0 N–H and O–H groups in total. The molecule has 224 valence electrons. The summed E-state index contributed by atoms with van der Waals surface area (Å²) < 4.78 is 11.4. The maximum atomic E-state index is 5.71. The molecule has 0 aliphatic carbocycles. The fourth-order valence-corrected chi connectivity index (χ4v) is 11.8. The zero-order valence-corrected chi connectivity index (χ0v) is 27.5. The summed E-state index contributed by atoms with van der Waals surface area (Å²) >= 11 is 0. The van der Waals surface area contributed by atoms with Crippen molar-refractivity contribution in [1.82, 2.24) is 0 Å². The van der Waals surface area contributed by atoms with Crippen LogP contribution in [0.25, 0.3) is 0 Å². The summed E-state index contributed by atoms with van der Waals surface area (Å²) in [4.78, 5) is 0. The summed E-state index contributed by atoms with van der Waals surface area (Å²) in [6.45, 7) is 6.55. The molecule has 0 aromatic heterocycles. The second-order valence-corrected chi connectivity index (χ2v) is 15.8. The second-order valence-electron chi connectivity index (χ2n) is 11.8. The SMILES string of the molecule is COc1c(C)c(C)c(CCCCCCCCCC[PH](c2ccccc2)(c2ccccc2)c2ccccc2)c(C)c1OC. The molecule has 0 amide bonds. The molecule has 0 saturated heterocycles. The van der Waals surface area contributed by atoms with Crippen molar-refractivity contribution in [1.29, 1.82) is 0 Å². The van der Waals surface area contributed by atoms with Gasteiger partial charge in [-0.25, -0.2) is 0 Å². The van der Waals surface area contributed by atoms with Gasteiger partial charge in [-0.15, -0.1) is 0 Å². The minimum absolute atomic E-state index is 0.882. The number of hydrogen-bond donors (Lipinski definition) is 0. The summed E-state index contributed by atoms with van der Waals surface area (Å²) in [5, 5.41) is 4.58. The predicted octanol–water partition coefficient (Wildman–Crippen LogP) is 9.02. The van der Waals surface area contributed by atoms with Crippen LogP contribution in [-0.2, 0) is 6.42 Å². The number of methoxy groups -OCH3 is 2. The summed E-state index contributed by atoms with van der Waals surface area (Å²) in [6, 6.07) is 34.0. The summed E-state index contributed by atoms with van der Waals surface area (Å²) in [6.07, 6.45) is 12.8. The maximum absolute atomic E-state index is 5.71. The van der Waals surface area contributed by atoms with Gasteiger partial charge < -0.3 is 9.47 Å². The number of hydrogen-bond acceptors (Lipinski definition) is 2. The Kier molecular flexibility index (Phi) is 12.1. The number of benzene rings is 4. The molecular weight excluding hydrogens is 531 g/mol. The van der Waals surface area contributed by atoms with E-state index in [1.165, 1.54) is 95.7 Å². The standard InChI is InChI=1S/C39H51O2P/c1-31-32(2)38(40-4)39(41-5)33(3)37(31)29-21-10-8-6-7-9-11-22-30-42(34-23-15-12-16-24-34,35-25-17-13-18-26-35)36-27-19-14-20-28-36/h12-20,23-28,42H,6-11,21-22,29-30H2,1-5H3. The molecule has 0 unspecified atom stereocenters. The van der Waals surface area contributed by atoms with Crippen molar-refractivity contribution in [3.05, 3.63) is 113 Å². The van der Waals surface area contributed by atoms with Crippen LogP contribution >= 0.6 is 7.26 Å². The Labute approximate surface area is 255 Å². The molecular formula is C39H51O2P.